The molecule has 1 aliphatic rings. The lowest BCUT2D eigenvalue weighted by Crippen LogP contribution is -2.25. The Hall–Kier alpha value is -10.9. The van der Waals surface area contributed by atoms with Crippen LogP contribution in [0.4, 0.5) is 42.9 Å². The van der Waals surface area contributed by atoms with Crippen LogP contribution in [0.2, 0.25) is 0 Å². The predicted octanol–water partition coefficient (Wildman–Crippen LogP) is 23.8. The Morgan fingerprint density at radius 3 is 1.14 bits per heavy atom. The molecule has 15 rings (SSSR count). The molecule has 88 heavy (non-hydrogen) atoms. The average molecular weight is 1140 g/mol. The molecule has 0 bridgehead atoms. The molecule has 14 aromatic rings. The molecule has 1 aliphatic carbocycles. The van der Waals surface area contributed by atoms with Crippen molar-refractivity contribution >= 4 is 55.7 Å². The third-order valence-corrected chi connectivity index (χ3v) is 18.0. The molecule has 420 valence electrons. The zero-order valence-corrected chi connectivity index (χ0v) is 49.1. The molecule has 0 aromatic heterocycles. The van der Waals surface area contributed by atoms with Gasteiger partial charge in [-0.3, -0.25) is 0 Å². The van der Waals surface area contributed by atoms with Crippen molar-refractivity contribution in [2.24, 2.45) is 0 Å². The molecule has 0 radical (unpaired) electrons. The van der Waals surface area contributed by atoms with Crippen molar-refractivity contribution in [3.8, 4) is 77.9 Å². The summed E-state index contributed by atoms with van der Waals surface area (Å²) in [5.74, 6) is -0.627. The monoisotopic (exact) mass is 1130 g/mol. The van der Waals surface area contributed by atoms with Crippen molar-refractivity contribution in [2.75, 3.05) is 9.80 Å². The highest BCUT2D eigenvalue weighted by molar-refractivity contribution is 6.19. The second kappa shape index (κ2) is 22.2. The van der Waals surface area contributed by atoms with E-state index in [1.807, 2.05) is 146 Å². The molecule has 4 heteroatoms. The number of fused-ring (bicyclic) bond motifs is 4. The third kappa shape index (κ3) is 9.24. The van der Waals surface area contributed by atoms with Gasteiger partial charge >= 0.3 is 0 Å². The van der Waals surface area contributed by atoms with Crippen molar-refractivity contribution < 1.29 is 8.78 Å². The standard InChI is InChI=1S/C84H60F2N2/c1-55-66-47-45-64(87(76-43-24-22-39-67(76)58-31-14-6-15-32-58)78-51-62(56-27-10-4-11-28-56)49-71(82(78)85)60-35-18-8-19-36-60)53-73(66)69-41-26-42-74-81(69)80(55)70-48-46-65(54-75(70)84(74,2)3)88(77-44-25-23-40-68(77)59-33-16-7-17-34-59)79-52-63(57-29-12-5-13-30-57)50-72(83(79)86)61-37-20-9-21-38-61/h4-54H,1-3H3. The van der Waals surface area contributed by atoms with E-state index >= 15 is 8.78 Å². The molecule has 0 aliphatic heterocycles. The van der Waals surface area contributed by atoms with Gasteiger partial charge in [-0.15, -0.1) is 0 Å². The highest BCUT2D eigenvalue weighted by Gasteiger charge is 2.37. The summed E-state index contributed by atoms with van der Waals surface area (Å²) in [6.45, 7) is 6.90. The van der Waals surface area contributed by atoms with Gasteiger partial charge in [0.25, 0.3) is 0 Å². The van der Waals surface area contributed by atoms with Gasteiger partial charge in [-0.1, -0.05) is 263 Å². The molecule has 0 N–H and O–H groups in total. The first-order valence-corrected chi connectivity index (χ1v) is 30.1. The molecule has 0 saturated carbocycles. The van der Waals surface area contributed by atoms with Crippen LogP contribution in [0.15, 0.2) is 309 Å². The highest BCUT2D eigenvalue weighted by Crippen LogP contribution is 2.56. The number of anilines is 6. The molecule has 0 unspecified atom stereocenters. The number of hydrogen-bond acceptors (Lipinski definition) is 2. The first-order chi connectivity index (χ1) is 43.2. The number of nitrogens with zero attached hydrogens (tertiary/aromatic N) is 2. The van der Waals surface area contributed by atoms with Crippen LogP contribution < -0.4 is 9.80 Å². The van der Waals surface area contributed by atoms with Crippen LogP contribution in [0.1, 0.15) is 30.5 Å². The van der Waals surface area contributed by atoms with Crippen LogP contribution in [0.3, 0.4) is 0 Å². The fourth-order valence-electron chi connectivity index (χ4n) is 13.7. The first-order valence-electron chi connectivity index (χ1n) is 30.1. The predicted molar refractivity (Wildman–Crippen MR) is 366 cm³/mol. The summed E-state index contributed by atoms with van der Waals surface area (Å²) in [4.78, 5) is 4.27. The summed E-state index contributed by atoms with van der Waals surface area (Å²) >= 11 is 0. The van der Waals surface area contributed by atoms with Crippen LogP contribution in [0.5, 0.6) is 0 Å². The average Bonchev–Trinajstić information content (AvgIpc) is 0.766. The number of para-hydroxylation sites is 2. The lowest BCUT2D eigenvalue weighted by Gasteiger charge is -2.38. The van der Waals surface area contributed by atoms with E-state index in [-0.39, 0.29) is 11.6 Å². The molecular weight excluding hydrogens is 1070 g/mol. The van der Waals surface area contributed by atoms with Gasteiger partial charge in [-0.2, -0.15) is 0 Å². The topological polar surface area (TPSA) is 6.48 Å². The van der Waals surface area contributed by atoms with Gasteiger partial charge in [-0.05, 0) is 161 Å². The maximum absolute atomic E-state index is 18.4. The van der Waals surface area contributed by atoms with Crippen molar-refractivity contribution in [1.82, 2.24) is 0 Å². The summed E-state index contributed by atoms with van der Waals surface area (Å²) in [5.41, 5.74) is 20.0. The van der Waals surface area contributed by atoms with Crippen LogP contribution >= 0.6 is 0 Å². The Morgan fingerprint density at radius 2 is 0.670 bits per heavy atom. The fourth-order valence-corrected chi connectivity index (χ4v) is 13.7. The summed E-state index contributed by atoms with van der Waals surface area (Å²) in [7, 11) is 0. The van der Waals surface area contributed by atoms with Crippen LogP contribution in [0.25, 0.3) is 99.4 Å². The van der Waals surface area contributed by atoms with E-state index in [9.17, 15) is 0 Å². The van der Waals surface area contributed by atoms with E-state index in [0.717, 1.165) is 111 Å². The van der Waals surface area contributed by atoms with Gasteiger partial charge in [0.1, 0.15) is 0 Å². The number of hydrogen-bond donors (Lipinski definition) is 0. The third-order valence-electron chi connectivity index (χ3n) is 18.0. The van der Waals surface area contributed by atoms with Crippen molar-refractivity contribution in [2.45, 2.75) is 26.2 Å². The number of rotatable bonds is 12. The van der Waals surface area contributed by atoms with Crippen molar-refractivity contribution in [1.29, 1.82) is 0 Å². The number of halogens is 2. The molecule has 0 spiro atoms. The van der Waals surface area contributed by atoms with Gasteiger partial charge in [0.2, 0.25) is 0 Å². The van der Waals surface area contributed by atoms with Gasteiger partial charge in [0.15, 0.2) is 11.6 Å². The number of aryl methyl sites for hydroxylation is 1. The minimum Gasteiger partial charge on any atom is -0.307 e. The molecule has 2 nitrogen and oxygen atoms in total. The van der Waals surface area contributed by atoms with Crippen LogP contribution in [0, 0.1) is 18.6 Å². The van der Waals surface area contributed by atoms with Crippen LogP contribution in [-0.2, 0) is 5.41 Å². The SMILES string of the molecule is Cc1c2c3c(cccc3c3cc(N(c4ccccc4-c4ccccc4)c4cc(-c5ccccc5)cc(-c5ccccc5)c4F)ccc13)C(C)(C)c1cc(N(c3ccccc3-c3ccccc3)c3cc(-c4ccccc4)cc(-c4ccccc4)c3F)ccc1-2. The van der Waals surface area contributed by atoms with E-state index in [2.05, 4.69) is 194 Å². The minimum atomic E-state index is -0.532. The maximum Gasteiger partial charge on any atom is 0.155 e. The quantitative estimate of drug-likeness (QED) is 0.113. The maximum atomic E-state index is 18.4. The number of benzene rings is 14. The zero-order chi connectivity index (χ0) is 59.5. The lowest BCUT2D eigenvalue weighted by atomic mass is 9.67. The summed E-state index contributed by atoms with van der Waals surface area (Å²) < 4.78 is 36.7. The Labute approximate surface area is 513 Å². The summed E-state index contributed by atoms with van der Waals surface area (Å²) in [5, 5.41) is 4.48. The van der Waals surface area contributed by atoms with E-state index in [1.165, 1.54) is 16.5 Å². The molecule has 0 atom stereocenters. The summed E-state index contributed by atoms with van der Waals surface area (Å²) in [6.07, 6.45) is 0. The Kier molecular flexibility index (Phi) is 13.5. The van der Waals surface area contributed by atoms with E-state index in [4.69, 9.17) is 0 Å². The Balaban J connectivity index is 0.952. The normalized spacial score (nSPS) is 12.2. The Bertz CT molecular complexity index is 4950. The second-order valence-corrected chi connectivity index (χ2v) is 23.4. The van der Waals surface area contributed by atoms with Gasteiger partial charge in [0, 0.05) is 39.0 Å². The van der Waals surface area contributed by atoms with Gasteiger partial charge in [0.05, 0.1) is 22.7 Å². The minimum absolute atomic E-state index is 0.312. The largest absolute Gasteiger partial charge is 0.307 e. The van der Waals surface area contributed by atoms with Crippen LogP contribution in [-0.4, -0.2) is 0 Å². The lowest BCUT2D eigenvalue weighted by molar-refractivity contribution is 0.632. The van der Waals surface area contributed by atoms with E-state index in [0.29, 0.717) is 22.5 Å². The molecule has 0 amide bonds. The van der Waals surface area contributed by atoms with E-state index in [1.54, 1.807) is 0 Å². The van der Waals surface area contributed by atoms with Crippen molar-refractivity contribution in [3.63, 3.8) is 0 Å². The fraction of sp³-hybridized carbons (Fsp3) is 0.0476. The first kappa shape index (κ1) is 53.8. The molecule has 14 aromatic carbocycles. The molecule has 0 fully saturated rings. The summed E-state index contributed by atoms with van der Waals surface area (Å²) in [6, 6.07) is 106. The van der Waals surface area contributed by atoms with E-state index < -0.39 is 5.41 Å². The molecule has 0 heterocycles. The smallest absolute Gasteiger partial charge is 0.155 e. The molecule has 0 saturated heterocycles. The highest BCUT2D eigenvalue weighted by atomic mass is 19.1. The van der Waals surface area contributed by atoms with Crippen molar-refractivity contribution in [3.05, 3.63) is 338 Å². The van der Waals surface area contributed by atoms with Gasteiger partial charge < -0.3 is 9.80 Å². The Morgan fingerprint density at radius 1 is 0.273 bits per heavy atom. The second-order valence-electron chi connectivity index (χ2n) is 23.4. The zero-order valence-electron chi connectivity index (χ0n) is 49.1. The van der Waals surface area contributed by atoms with Gasteiger partial charge in [-0.25, -0.2) is 8.78 Å². The molecular formula is C84H60F2N2.